The maximum atomic E-state index is 13.9. The number of aromatic nitrogens is 1. The Hall–Kier alpha value is -3.04. The molecule has 0 bridgehead atoms. The van der Waals surface area contributed by atoms with Gasteiger partial charge < -0.3 is 14.7 Å². The van der Waals surface area contributed by atoms with E-state index < -0.39 is 17.7 Å². The SMILES string of the molecule is Cc1nc(-c2ccccc2)sc1C(=O)C1=C(O)C(=O)N(CCCN2CCOCC2)C1c1ccc(Cl)cc1. The van der Waals surface area contributed by atoms with Gasteiger partial charge in [0, 0.05) is 36.8 Å². The number of nitrogens with zero attached hydrogens (tertiary/aromatic N) is 3. The molecule has 0 aliphatic carbocycles. The molecular weight excluding hydrogens is 510 g/mol. The molecule has 5 rings (SSSR count). The Morgan fingerprint density at radius 2 is 1.81 bits per heavy atom. The molecule has 37 heavy (non-hydrogen) atoms. The van der Waals surface area contributed by atoms with Crippen molar-refractivity contribution in [2.45, 2.75) is 19.4 Å². The highest BCUT2D eigenvalue weighted by atomic mass is 35.5. The number of Topliss-reactive ketones (excluding diaryl/α,β-unsaturated/α-hetero) is 1. The number of halogens is 1. The zero-order chi connectivity index (χ0) is 25.9. The lowest BCUT2D eigenvalue weighted by atomic mass is 9.95. The molecule has 0 radical (unpaired) electrons. The number of ketones is 1. The summed E-state index contributed by atoms with van der Waals surface area (Å²) < 4.78 is 5.42. The third-order valence-electron chi connectivity index (χ3n) is 6.73. The lowest BCUT2D eigenvalue weighted by Gasteiger charge is -2.30. The monoisotopic (exact) mass is 537 g/mol. The molecule has 3 aromatic rings. The summed E-state index contributed by atoms with van der Waals surface area (Å²) in [5.41, 5.74) is 2.29. The topological polar surface area (TPSA) is 83.0 Å². The van der Waals surface area contributed by atoms with Crippen LogP contribution in [-0.4, -0.2) is 71.0 Å². The lowest BCUT2D eigenvalue weighted by molar-refractivity contribution is -0.129. The Kier molecular flexibility index (Phi) is 7.71. The van der Waals surface area contributed by atoms with Crippen LogP contribution in [0.2, 0.25) is 5.02 Å². The number of morpholine rings is 1. The van der Waals surface area contributed by atoms with Gasteiger partial charge in [0.1, 0.15) is 5.01 Å². The highest BCUT2D eigenvalue weighted by Gasteiger charge is 2.44. The van der Waals surface area contributed by atoms with E-state index in [1.54, 1.807) is 36.1 Å². The van der Waals surface area contributed by atoms with Gasteiger partial charge in [0.2, 0.25) is 5.78 Å². The van der Waals surface area contributed by atoms with Crippen molar-refractivity contribution in [3.05, 3.63) is 87.1 Å². The minimum absolute atomic E-state index is 0.0880. The molecule has 1 fully saturated rings. The van der Waals surface area contributed by atoms with Crippen LogP contribution in [0.15, 0.2) is 65.9 Å². The quantitative estimate of drug-likeness (QED) is 0.404. The number of hydrogen-bond acceptors (Lipinski definition) is 7. The number of hydrogen-bond donors (Lipinski definition) is 1. The van der Waals surface area contributed by atoms with Crippen LogP contribution in [0.25, 0.3) is 10.6 Å². The lowest BCUT2D eigenvalue weighted by Crippen LogP contribution is -2.39. The molecule has 0 saturated carbocycles. The van der Waals surface area contributed by atoms with Gasteiger partial charge in [0.05, 0.1) is 35.4 Å². The first kappa shape index (κ1) is 25.6. The summed E-state index contributed by atoms with van der Waals surface area (Å²) in [6.45, 7) is 6.11. The van der Waals surface area contributed by atoms with E-state index in [1.807, 2.05) is 30.3 Å². The number of rotatable bonds is 8. The minimum atomic E-state index is -0.705. The number of carbonyl (C=O) groups is 2. The average Bonchev–Trinajstić information content (AvgIpc) is 3.43. The normalized spacial score (nSPS) is 18.6. The largest absolute Gasteiger partial charge is 0.503 e. The molecule has 1 saturated heterocycles. The number of amides is 1. The second kappa shape index (κ2) is 11.1. The molecule has 9 heteroatoms. The second-order valence-corrected chi connectivity index (χ2v) is 10.6. The van der Waals surface area contributed by atoms with E-state index in [1.165, 1.54) is 11.3 Å². The molecule has 3 heterocycles. The van der Waals surface area contributed by atoms with Crippen LogP contribution in [0.4, 0.5) is 0 Å². The van der Waals surface area contributed by atoms with Gasteiger partial charge in [-0.1, -0.05) is 54.1 Å². The van der Waals surface area contributed by atoms with Crippen LogP contribution < -0.4 is 0 Å². The van der Waals surface area contributed by atoms with E-state index in [9.17, 15) is 14.7 Å². The molecule has 1 N–H and O–H groups in total. The smallest absolute Gasteiger partial charge is 0.290 e. The van der Waals surface area contributed by atoms with E-state index in [0.717, 1.165) is 35.8 Å². The third kappa shape index (κ3) is 5.33. The zero-order valence-electron chi connectivity index (χ0n) is 20.5. The van der Waals surface area contributed by atoms with E-state index in [0.29, 0.717) is 41.8 Å². The van der Waals surface area contributed by atoms with Crippen molar-refractivity contribution in [3.63, 3.8) is 0 Å². The fourth-order valence-corrected chi connectivity index (χ4v) is 5.98. The van der Waals surface area contributed by atoms with Crippen molar-refractivity contribution in [2.75, 3.05) is 39.4 Å². The van der Waals surface area contributed by atoms with Crippen molar-refractivity contribution in [3.8, 4) is 10.6 Å². The van der Waals surface area contributed by atoms with Gasteiger partial charge >= 0.3 is 0 Å². The summed E-state index contributed by atoms with van der Waals surface area (Å²) in [4.78, 5) is 36.1. The van der Waals surface area contributed by atoms with E-state index >= 15 is 0 Å². The number of carbonyl (C=O) groups excluding carboxylic acids is 2. The molecule has 1 aromatic heterocycles. The number of ether oxygens (including phenoxy) is 1. The molecule has 7 nitrogen and oxygen atoms in total. The van der Waals surface area contributed by atoms with Gasteiger partial charge in [0.15, 0.2) is 5.76 Å². The second-order valence-electron chi connectivity index (χ2n) is 9.15. The van der Waals surface area contributed by atoms with Crippen molar-refractivity contribution < 1.29 is 19.4 Å². The van der Waals surface area contributed by atoms with Crippen molar-refractivity contribution in [2.24, 2.45) is 0 Å². The van der Waals surface area contributed by atoms with E-state index in [2.05, 4.69) is 9.88 Å². The molecule has 2 aliphatic heterocycles. The van der Waals surface area contributed by atoms with E-state index in [4.69, 9.17) is 16.3 Å². The Morgan fingerprint density at radius 1 is 1.11 bits per heavy atom. The summed E-state index contributed by atoms with van der Waals surface area (Å²) in [6.07, 6.45) is 0.711. The van der Waals surface area contributed by atoms with Crippen LogP contribution in [0.5, 0.6) is 0 Å². The van der Waals surface area contributed by atoms with Crippen molar-refractivity contribution in [1.29, 1.82) is 0 Å². The molecule has 1 amide bonds. The van der Waals surface area contributed by atoms with Gasteiger partial charge in [-0.25, -0.2) is 4.98 Å². The minimum Gasteiger partial charge on any atom is -0.503 e. The molecule has 2 aliphatic rings. The van der Waals surface area contributed by atoms with Crippen LogP contribution in [0.1, 0.15) is 33.4 Å². The fourth-order valence-electron chi connectivity index (χ4n) is 4.83. The number of aliphatic hydroxyl groups is 1. The fraction of sp³-hybridized carbons (Fsp3) is 0.321. The molecule has 0 spiro atoms. The van der Waals surface area contributed by atoms with E-state index in [-0.39, 0.29) is 11.4 Å². The Bertz CT molecular complexity index is 1320. The number of aliphatic hydroxyl groups excluding tert-OH is 1. The van der Waals surface area contributed by atoms with Gasteiger partial charge in [0.25, 0.3) is 5.91 Å². The highest BCUT2D eigenvalue weighted by Crippen LogP contribution is 2.41. The van der Waals surface area contributed by atoms with Crippen LogP contribution in [-0.2, 0) is 9.53 Å². The third-order valence-corrected chi connectivity index (χ3v) is 8.19. The summed E-state index contributed by atoms with van der Waals surface area (Å²) in [5, 5.41) is 12.3. The predicted molar refractivity (Wildman–Crippen MR) is 144 cm³/mol. The molecular formula is C28H28ClN3O4S. The summed E-state index contributed by atoms with van der Waals surface area (Å²) in [5.74, 6) is -1.40. The predicted octanol–water partition coefficient (Wildman–Crippen LogP) is 5.07. The number of benzene rings is 2. The summed E-state index contributed by atoms with van der Waals surface area (Å²) in [6, 6.07) is 16.0. The maximum Gasteiger partial charge on any atom is 0.290 e. The van der Waals surface area contributed by atoms with Gasteiger partial charge in [-0.3, -0.25) is 14.5 Å². The number of aryl methyl sites for hydroxylation is 1. The van der Waals surface area contributed by atoms with Crippen LogP contribution in [0, 0.1) is 6.92 Å². The van der Waals surface area contributed by atoms with Gasteiger partial charge in [-0.2, -0.15) is 0 Å². The molecule has 2 aromatic carbocycles. The Balaban J connectivity index is 1.45. The molecule has 192 valence electrons. The first-order chi connectivity index (χ1) is 17.9. The standard InChI is InChI=1S/C28H28ClN3O4S/c1-18-26(37-27(30-18)20-6-3-2-4-7-20)24(33)22-23(19-8-10-21(29)11-9-19)32(28(35)25(22)34)13-5-12-31-14-16-36-17-15-31/h2-4,6-11,23,34H,5,12-17H2,1H3. The zero-order valence-corrected chi connectivity index (χ0v) is 22.1. The Labute approximate surface area is 225 Å². The first-order valence-electron chi connectivity index (χ1n) is 12.3. The van der Waals surface area contributed by atoms with Crippen molar-refractivity contribution in [1.82, 2.24) is 14.8 Å². The molecule has 1 atom stereocenters. The van der Waals surface area contributed by atoms with Crippen LogP contribution in [0.3, 0.4) is 0 Å². The van der Waals surface area contributed by atoms with Gasteiger partial charge in [-0.15, -0.1) is 11.3 Å². The van der Waals surface area contributed by atoms with Crippen molar-refractivity contribution >= 4 is 34.6 Å². The summed E-state index contributed by atoms with van der Waals surface area (Å²) in [7, 11) is 0. The first-order valence-corrected chi connectivity index (χ1v) is 13.5. The Morgan fingerprint density at radius 3 is 2.51 bits per heavy atom. The maximum absolute atomic E-state index is 13.9. The highest BCUT2D eigenvalue weighted by molar-refractivity contribution is 7.17. The number of thiazole rings is 1. The summed E-state index contributed by atoms with van der Waals surface area (Å²) >= 11 is 7.40. The molecule has 1 unspecified atom stereocenters. The average molecular weight is 538 g/mol. The van der Waals surface area contributed by atoms with Gasteiger partial charge in [-0.05, 0) is 31.0 Å². The van der Waals surface area contributed by atoms with Crippen LogP contribution >= 0.6 is 22.9 Å².